The molecule has 90 valence electrons. The van der Waals surface area contributed by atoms with Crippen LogP contribution in [-0.4, -0.2) is 36.1 Å². The number of rotatable bonds is 3. The number of likely N-dealkylation sites (N-methyl/N-ethyl adjacent to an activating group) is 1. The van der Waals surface area contributed by atoms with E-state index < -0.39 is 0 Å². The molecule has 0 bridgehead atoms. The summed E-state index contributed by atoms with van der Waals surface area (Å²) in [5.41, 5.74) is 0.831. The summed E-state index contributed by atoms with van der Waals surface area (Å²) in [6.45, 7) is 11.6. The fourth-order valence-electron chi connectivity index (χ4n) is 3.96. The Morgan fingerprint density at radius 3 is 2.75 bits per heavy atom. The summed E-state index contributed by atoms with van der Waals surface area (Å²) in [7, 11) is 0. The van der Waals surface area contributed by atoms with E-state index in [0.717, 1.165) is 12.6 Å². The number of likely N-dealkylation sites (tertiary alicyclic amines) is 1. The van der Waals surface area contributed by atoms with E-state index in [1.807, 2.05) is 0 Å². The number of piperidine rings is 1. The van der Waals surface area contributed by atoms with Gasteiger partial charge in [0.1, 0.15) is 0 Å². The fraction of sp³-hybridized carbons (Fsp3) is 1.00. The zero-order valence-corrected chi connectivity index (χ0v) is 10.9. The molecule has 3 heteroatoms. The lowest BCUT2D eigenvalue weighted by Crippen LogP contribution is -2.48. The van der Waals surface area contributed by atoms with Gasteiger partial charge in [0.05, 0.1) is 12.6 Å². The molecule has 1 saturated heterocycles. The lowest BCUT2D eigenvalue weighted by atomic mass is 9.75. The third-order valence-electron chi connectivity index (χ3n) is 5.37. The van der Waals surface area contributed by atoms with Gasteiger partial charge in [-0.3, -0.25) is 4.90 Å². The molecule has 4 atom stereocenters. The normalized spacial score (nSPS) is 45.9. The second kappa shape index (κ2) is 3.06. The molecule has 4 unspecified atom stereocenters. The number of hydrogen-bond acceptors (Lipinski definition) is 3. The molecule has 2 aliphatic heterocycles. The van der Waals surface area contributed by atoms with Crippen molar-refractivity contribution in [3.8, 4) is 0 Å². The van der Waals surface area contributed by atoms with Crippen molar-refractivity contribution in [2.24, 2.45) is 21.1 Å². The van der Waals surface area contributed by atoms with Crippen LogP contribution in [0.1, 0.15) is 40.5 Å². The van der Waals surface area contributed by atoms with Crippen molar-refractivity contribution in [2.75, 3.05) is 13.1 Å². The average Bonchev–Trinajstić information content (AvgIpc) is 2.70. The molecular formula is C13H23N3. The van der Waals surface area contributed by atoms with Crippen LogP contribution in [0.25, 0.3) is 0 Å². The summed E-state index contributed by atoms with van der Waals surface area (Å²) in [5.74, 6) is 0. The fourth-order valence-corrected chi connectivity index (χ4v) is 3.96. The van der Waals surface area contributed by atoms with E-state index in [-0.39, 0.29) is 0 Å². The minimum Gasteiger partial charge on any atom is -0.294 e. The molecule has 1 spiro atoms. The predicted molar refractivity (Wildman–Crippen MR) is 64.6 cm³/mol. The average molecular weight is 221 g/mol. The zero-order valence-electron chi connectivity index (χ0n) is 10.9. The van der Waals surface area contributed by atoms with Crippen molar-refractivity contribution < 1.29 is 0 Å². The molecule has 1 aliphatic carbocycles. The van der Waals surface area contributed by atoms with Gasteiger partial charge < -0.3 is 0 Å². The van der Waals surface area contributed by atoms with Crippen LogP contribution in [0.3, 0.4) is 0 Å². The minimum absolute atomic E-state index is 0.366. The van der Waals surface area contributed by atoms with Gasteiger partial charge in [0, 0.05) is 17.5 Å². The van der Waals surface area contributed by atoms with Gasteiger partial charge in [0.2, 0.25) is 0 Å². The second-order valence-corrected chi connectivity index (χ2v) is 6.43. The molecule has 3 aliphatic rings. The second-order valence-electron chi connectivity index (χ2n) is 6.43. The maximum absolute atomic E-state index is 4.59. The zero-order chi connectivity index (χ0) is 11.6. The maximum atomic E-state index is 4.59. The van der Waals surface area contributed by atoms with E-state index in [2.05, 4.69) is 42.8 Å². The summed E-state index contributed by atoms with van der Waals surface area (Å²) in [6, 6.07) is 1.90. The summed E-state index contributed by atoms with van der Waals surface area (Å²) in [5, 5.41) is 8.93. The molecule has 0 amide bonds. The van der Waals surface area contributed by atoms with Crippen molar-refractivity contribution in [3.63, 3.8) is 0 Å². The Morgan fingerprint density at radius 2 is 2.12 bits per heavy atom. The van der Waals surface area contributed by atoms with E-state index >= 15 is 0 Å². The van der Waals surface area contributed by atoms with Gasteiger partial charge in [-0.05, 0) is 24.8 Å². The van der Waals surface area contributed by atoms with Crippen molar-refractivity contribution in [1.82, 2.24) is 4.90 Å². The molecule has 3 nitrogen and oxygen atoms in total. The van der Waals surface area contributed by atoms with Crippen LogP contribution in [0, 0.1) is 10.8 Å². The Balaban J connectivity index is 1.95. The van der Waals surface area contributed by atoms with E-state index in [1.165, 1.54) is 19.4 Å². The highest BCUT2D eigenvalue weighted by atomic mass is 15.4. The van der Waals surface area contributed by atoms with Crippen molar-refractivity contribution in [3.05, 3.63) is 0 Å². The number of hydrogen-bond donors (Lipinski definition) is 0. The highest BCUT2D eigenvalue weighted by Gasteiger charge is 2.73. The first-order valence-electron chi connectivity index (χ1n) is 6.69. The molecule has 0 aromatic rings. The van der Waals surface area contributed by atoms with Crippen LogP contribution in [0.5, 0.6) is 0 Å². The lowest BCUT2D eigenvalue weighted by molar-refractivity contribution is 0.0921. The highest BCUT2D eigenvalue weighted by Crippen LogP contribution is 2.65. The first-order valence-corrected chi connectivity index (χ1v) is 6.69. The van der Waals surface area contributed by atoms with E-state index in [4.69, 9.17) is 0 Å². The molecule has 16 heavy (non-hydrogen) atoms. The summed E-state index contributed by atoms with van der Waals surface area (Å²) >= 11 is 0. The monoisotopic (exact) mass is 221 g/mol. The largest absolute Gasteiger partial charge is 0.294 e. The smallest absolute Gasteiger partial charge is 0.0958 e. The highest BCUT2D eigenvalue weighted by molar-refractivity contribution is 5.28. The molecule has 2 fully saturated rings. The maximum Gasteiger partial charge on any atom is 0.0958 e. The van der Waals surface area contributed by atoms with Crippen LogP contribution < -0.4 is 0 Å². The first-order chi connectivity index (χ1) is 7.57. The van der Waals surface area contributed by atoms with Crippen molar-refractivity contribution in [1.29, 1.82) is 0 Å². The van der Waals surface area contributed by atoms with Crippen LogP contribution in [0.2, 0.25) is 0 Å². The quantitative estimate of drug-likeness (QED) is 0.720. The topological polar surface area (TPSA) is 28.0 Å². The molecule has 0 radical (unpaired) electrons. The summed E-state index contributed by atoms with van der Waals surface area (Å²) in [6.07, 6.45) is 2.57. The standard InChI is InChI=1S/C13H23N3/c1-5-12(3,4)11-10-13(8-14-15-10)7-9(13)16(11)6-2/h9-11H,5-8H2,1-4H3. The molecule has 0 aromatic carbocycles. The third kappa shape index (κ3) is 1.08. The first kappa shape index (κ1) is 10.7. The summed E-state index contributed by atoms with van der Waals surface area (Å²) < 4.78 is 0. The van der Waals surface area contributed by atoms with Crippen LogP contribution >= 0.6 is 0 Å². The van der Waals surface area contributed by atoms with Crippen LogP contribution in [0.4, 0.5) is 0 Å². The molecule has 0 aromatic heterocycles. The Hall–Kier alpha value is -0.440. The number of nitrogens with zero attached hydrogens (tertiary/aromatic N) is 3. The SMILES string of the molecule is CCN1C(C(C)(C)CC)C2N=NCC23CC13. The van der Waals surface area contributed by atoms with Crippen molar-refractivity contribution >= 4 is 0 Å². The number of azo groups is 1. The molecular weight excluding hydrogens is 198 g/mol. The molecule has 3 rings (SSSR count). The van der Waals surface area contributed by atoms with Gasteiger partial charge in [0.25, 0.3) is 0 Å². The Morgan fingerprint density at radius 1 is 1.38 bits per heavy atom. The molecule has 2 heterocycles. The molecule has 1 saturated carbocycles. The summed E-state index contributed by atoms with van der Waals surface area (Å²) in [4.78, 5) is 2.71. The van der Waals surface area contributed by atoms with Crippen LogP contribution in [-0.2, 0) is 0 Å². The van der Waals surface area contributed by atoms with Gasteiger partial charge in [-0.15, -0.1) is 0 Å². The van der Waals surface area contributed by atoms with Gasteiger partial charge in [-0.1, -0.05) is 27.7 Å². The Kier molecular flexibility index (Phi) is 2.05. The van der Waals surface area contributed by atoms with Gasteiger partial charge in [-0.2, -0.15) is 10.2 Å². The van der Waals surface area contributed by atoms with Gasteiger partial charge >= 0.3 is 0 Å². The third-order valence-corrected chi connectivity index (χ3v) is 5.37. The Labute approximate surface area is 98.3 Å². The predicted octanol–water partition coefficient (Wildman–Crippen LogP) is 2.72. The Bertz CT molecular complexity index is 336. The lowest BCUT2D eigenvalue weighted by Gasteiger charge is -2.40. The molecule has 0 N–H and O–H groups in total. The van der Waals surface area contributed by atoms with Gasteiger partial charge in [0.15, 0.2) is 0 Å². The van der Waals surface area contributed by atoms with Crippen molar-refractivity contribution in [2.45, 2.75) is 58.7 Å². The van der Waals surface area contributed by atoms with E-state index in [0.29, 0.717) is 22.9 Å². The van der Waals surface area contributed by atoms with E-state index in [1.54, 1.807) is 0 Å². The minimum atomic E-state index is 0.366. The van der Waals surface area contributed by atoms with Crippen LogP contribution in [0.15, 0.2) is 10.2 Å². The van der Waals surface area contributed by atoms with E-state index in [9.17, 15) is 0 Å². The van der Waals surface area contributed by atoms with Gasteiger partial charge in [-0.25, -0.2) is 0 Å².